The minimum Gasteiger partial charge on any atom is -0.493 e. The van der Waals surface area contributed by atoms with Gasteiger partial charge in [0.05, 0.1) is 20.3 Å². The van der Waals surface area contributed by atoms with Crippen LogP contribution in [0.15, 0.2) is 48.5 Å². The molecule has 0 aliphatic carbocycles. The van der Waals surface area contributed by atoms with Crippen LogP contribution in [0, 0.1) is 0 Å². The first kappa shape index (κ1) is 22.8. The van der Waals surface area contributed by atoms with E-state index in [9.17, 15) is 18.0 Å². The highest BCUT2D eigenvalue weighted by molar-refractivity contribution is 6.30. The summed E-state index contributed by atoms with van der Waals surface area (Å²) in [6, 6.07) is 9.98. The molecule has 2 heterocycles. The zero-order valence-electron chi connectivity index (χ0n) is 17.6. The number of rotatable bonds is 5. The van der Waals surface area contributed by atoms with E-state index < -0.39 is 24.2 Å². The van der Waals surface area contributed by atoms with Gasteiger partial charge in [0.1, 0.15) is 5.82 Å². The molecule has 0 radical (unpaired) electrons. The molecule has 2 aromatic carbocycles. The van der Waals surface area contributed by atoms with Crippen molar-refractivity contribution >= 4 is 29.0 Å². The van der Waals surface area contributed by atoms with Crippen LogP contribution in [-0.2, 0) is 0 Å². The topological polar surface area (TPSA) is 77.4 Å². The maximum absolute atomic E-state index is 13.9. The maximum atomic E-state index is 13.9. The number of ether oxygens (including phenoxy) is 2. The summed E-state index contributed by atoms with van der Waals surface area (Å²) in [7, 11) is 2.93. The maximum Gasteiger partial charge on any atom is 0.410 e. The van der Waals surface area contributed by atoms with Crippen LogP contribution in [0.3, 0.4) is 0 Å². The first-order chi connectivity index (χ1) is 15.7. The van der Waals surface area contributed by atoms with Crippen molar-refractivity contribution in [1.29, 1.82) is 0 Å². The van der Waals surface area contributed by atoms with E-state index in [-0.39, 0.29) is 17.9 Å². The molecule has 1 amide bonds. The lowest BCUT2D eigenvalue weighted by molar-refractivity contribution is -0.173. The molecular formula is C22H20ClF3N4O3. The number of halogens is 4. The van der Waals surface area contributed by atoms with Crippen LogP contribution in [-0.4, -0.2) is 36.1 Å². The summed E-state index contributed by atoms with van der Waals surface area (Å²) in [4.78, 5) is 12.6. The molecule has 2 atom stereocenters. The second kappa shape index (κ2) is 8.86. The van der Waals surface area contributed by atoms with Gasteiger partial charge in [0.2, 0.25) is 0 Å². The van der Waals surface area contributed by atoms with Gasteiger partial charge in [0.25, 0.3) is 5.91 Å². The van der Waals surface area contributed by atoms with Crippen LogP contribution in [0.5, 0.6) is 11.5 Å². The number of carbonyl (C=O) groups is 1. The van der Waals surface area contributed by atoms with Gasteiger partial charge in [0.15, 0.2) is 23.2 Å². The largest absolute Gasteiger partial charge is 0.493 e. The van der Waals surface area contributed by atoms with Crippen molar-refractivity contribution in [3.05, 3.63) is 64.8 Å². The van der Waals surface area contributed by atoms with Gasteiger partial charge in [-0.15, -0.1) is 0 Å². The molecule has 0 unspecified atom stereocenters. The molecule has 0 fully saturated rings. The van der Waals surface area contributed by atoms with Crippen LogP contribution < -0.4 is 20.1 Å². The van der Waals surface area contributed by atoms with E-state index in [4.69, 9.17) is 21.1 Å². The Bertz CT molecular complexity index is 1160. The molecule has 1 aliphatic heterocycles. The summed E-state index contributed by atoms with van der Waals surface area (Å²) in [5, 5.41) is 10.1. The molecule has 174 valence electrons. The third-order valence-electron chi connectivity index (χ3n) is 5.33. The Hall–Kier alpha value is -3.40. The Kier molecular flexibility index (Phi) is 6.11. The fraction of sp³-hybridized carbons (Fsp3) is 0.273. The highest BCUT2D eigenvalue weighted by Crippen LogP contribution is 2.44. The number of hydrogen-bond acceptors (Lipinski definition) is 5. The van der Waals surface area contributed by atoms with E-state index in [1.54, 1.807) is 42.5 Å². The molecule has 33 heavy (non-hydrogen) atoms. The first-order valence-corrected chi connectivity index (χ1v) is 10.3. The highest BCUT2D eigenvalue weighted by Gasteiger charge is 2.47. The lowest BCUT2D eigenvalue weighted by Gasteiger charge is -2.33. The van der Waals surface area contributed by atoms with Crippen LogP contribution in [0.4, 0.5) is 24.7 Å². The Morgan fingerprint density at radius 1 is 1.12 bits per heavy atom. The molecule has 11 heteroatoms. The highest BCUT2D eigenvalue weighted by atomic mass is 35.5. The zero-order chi connectivity index (χ0) is 23.8. The average molecular weight is 481 g/mol. The number of nitrogens with one attached hydrogen (secondary N) is 2. The molecule has 1 aliphatic rings. The van der Waals surface area contributed by atoms with Gasteiger partial charge < -0.3 is 20.1 Å². The van der Waals surface area contributed by atoms with Gasteiger partial charge in [-0.1, -0.05) is 17.7 Å². The number of benzene rings is 2. The van der Waals surface area contributed by atoms with Crippen LogP contribution in [0.1, 0.15) is 34.6 Å². The summed E-state index contributed by atoms with van der Waals surface area (Å²) in [6.07, 6.45) is -4.88. The van der Waals surface area contributed by atoms with Gasteiger partial charge in [-0.2, -0.15) is 18.3 Å². The lowest BCUT2D eigenvalue weighted by atomic mass is 9.96. The average Bonchev–Trinajstić information content (AvgIpc) is 3.23. The van der Waals surface area contributed by atoms with Gasteiger partial charge in [0, 0.05) is 23.2 Å². The third kappa shape index (κ3) is 4.70. The summed E-state index contributed by atoms with van der Waals surface area (Å²) >= 11 is 5.83. The minimum absolute atomic E-state index is 0.0876. The van der Waals surface area contributed by atoms with E-state index >= 15 is 0 Å². The number of alkyl halides is 3. The Morgan fingerprint density at radius 3 is 2.45 bits per heavy atom. The monoisotopic (exact) mass is 480 g/mol. The van der Waals surface area contributed by atoms with Crippen molar-refractivity contribution in [2.45, 2.75) is 24.7 Å². The molecule has 7 nitrogen and oxygen atoms in total. The summed E-state index contributed by atoms with van der Waals surface area (Å²) in [6.45, 7) is 0. The van der Waals surface area contributed by atoms with Crippen molar-refractivity contribution < 1.29 is 27.4 Å². The standard InChI is InChI=1S/C22H20ClF3N4O3/c1-32-17-8-3-12(9-18(17)33-2)15-10-19(22(24,25)26)30-20(28-15)11-16(29-30)21(31)27-14-6-4-13(23)5-7-14/h3-9,11,15,19,28H,10H2,1-2H3,(H,27,31)/t15-,19-/m0/s1. The van der Waals surface area contributed by atoms with Crippen LogP contribution in [0.25, 0.3) is 0 Å². The number of aromatic nitrogens is 2. The molecule has 0 bridgehead atoms. The molecular weight excluding hydrogens is 461 g/mol. The van der Waals surface area contributed by atoms with Gasteiger partial charge >= 0.3 is 6.18 Å². The molecule has 0 spiro atoms. The molecule has 2 N–H and O–H groups in total. The summed E-state index contributed by atoms with van der Waals surface area (Å²) < 4.78 is 53.1. The predicted molar refractivity (Wildman–Crippen MR) is 117 cm³/mol. The lowest BCUT2D eigenvalue weighted by Crippen LogP contribution is -2.35. The number of hydrogen-bond donors (Lipinski definition) is 2. The van der Waals surface area contributed by atoms with E-state index in [0.717, 1.165) is 4.68 Å². The van der Waals surface area contributed by atoms with Gasteiger partial charge in [-0.05, 0) is 42.0 Å². The summed E-state index contributed by atoms with van der Waals surface area (Å²) in [5.74, 6) is 0.326. The van der Waals surface area contributed by atoms with E-state index in [1.165, 1.54) is 20.3 Å². The number of nitrogens with zero attached hydrogens (tertiary/aromatic N) is 2. The van der Waals surface area contributed by atoms with Gasteiger partial charge in [-0.25, -0.2) is 4.68 Å². The van der Waals surface area contributed by atoms with Crippen molar-refractivity contribution in [3.63, 3.8) is 0 Å². The van der Waals surface area contributed by atoms with Crippen molar-refractivity contribution in [3.8, 4) is 11.5 Å². The van der Waals surface area contributed by atoms with Crippen molar-refractivity contribution in [1.82, 2.24) is 9.78 Å². The second-order valence-corrected chi connectivity index (χ2v) is 7.86. The second-order valence-electron chi connectivity index (χ2n) is 7.42. The molecule has 1 aromatic heterocycles. The fourth-order valence-corrected chi connectivity index (χ4v) is 3.83. The Balaban J connectivity index is 1.64. The van der Waals surface area contributed by atoms with Crippen molar-refractivity contribution in [2.24, 2.45) is 0 Å². The van der Waals surface area contributed by atoms with Gasteiger partial charge in [-0.3, -0.25) is 4.79 Å². The summed E-state index contributed by atoms with van der Waals surface area (Å²) in [5.41, 5.74) is 0.884. The normalized spacial score (nSPS) is 17.6. The van der Waals surface area contributed by atoms with E-state index in [0.29, 0.717) is 27.8 Å². The Morgan fingerprint density at radius 2 is 1.82 bits per heavy atom. The Labute approximate surface area is 192 Å². The molecule has 0 saturated carbocycles. The zero-order valence-corrected chi connectivity index (χ0v) is 18.4. The first-order valence-electron chi connectivity index (χ1n) is 9.91. The number of carbonyl (C=O) groups excluding carboxylic acids is 1. The number of methoxy groups -OCH3 is 2. The quantitative estimate of drug-likeness (QED) is 0.506. The smallest absolute Gasteiger partial charge is 0.410 e. The van der Waals surface area contributed by atoms with Crippen molar-refractivity contribution in [2.75, 3.05) is 24.9 Å². The molecule has 0 saturated heterocycles. The SMILES string of the molecule is COc1ccc([C@@H]2C[C@@H](C(F)(F)F)n3nc(C(=O)Nc4ccc(Cl)cc4)cc3N2)cc1OC. The number of amides is 1. The van der Waals surface area contributed by atoms with Crippen LogP contribution in [0.2, 0.25) is 5.02 Å². The molecule has 4 rings (SSSR count). The predicted octanol–water partition coefficient (Wildman–Crippen LogP) is 5.47. The number of fused-ring (bicyclic) bond motifs is 1. The fourth-order valence-electron chi connectivity index (χ4n) is 3.70. The third-order valence-corrected chi connectivity index (χ3v) is 5.59. The molecule has 3 aromatic rings. The van der Waals surface area contributed by atoms with E-state index in [2.05, 4.69) is 15.7 Å². The number of anilines is 2. The minimum atomic E-state index is -4.57. The van der Waals surface area contributed by atoms with E-state index in [1.807, 2.05) is 0 Å². The van der Waals surface area contributed by atoms with Crippen LogP contribution >= 0.6 is 11.6 Å².